The molecule has 1 saturated heterocycles. The van der Waals surface area contributed by atoms with Crippen molar-refractivity contribution >= 4 is 27.5 Å². The van der Waals surface area contributed by atoms with Crippen LogP contribution in [0.2, 0.25) is 5.02 Å². The topological polar surface area (TPSA) is 36.9 Å². The van der Waals surface area contributed by atoms with E-state index in [1.165, 1.54) is 0 Å². The Balaban J connectivity index is 2.30. The maximum absolute atomic E-state index is 6.25. The van der Waals surface area contributed by atoms with Crippen LogP contribution in [0.4, 0.5) is 0 Å². The molecule has 2 rings (SSSR count). The van der Waals surface area contributed by atoms with Crippen molar-refractivity contribution in [2.45, 2.75) is 10.9 Å². The Morgan fingerprint density at radius 1 is 1.32 bits per heavy atom. The molecule has 1 aromatic carbocycles. The highest BCUT2D eigenvalue weighted by Gasteiger charge is 2.28. The summed E-state index contributed by atoms with van der Waals surface area (Å²) in [6.07, 6.45) is -0.0629. The molecule has 0 radical (unpaired) electrons. The first kappa shape index (κ1) is 14.9. The van der Waals surface area contributed by atoms with Crippen molar-refractivity contribution in [3.63, 3.8) is 0 Å². The fourth-order valence-electron chi connectivity index (χ4n) is 2.01. The molecule has 106 valence electrons. The minimum absolute atomic E-state index is 0.0499. The summed E-state index contributed by atoms with van der Waals surface area (Å²) in [6.45, 7) is 1.78. The average Bonchev–Trinajstić information content (AvgIpc) is 2.47. The largest absolute Gasteiger partial charge is 0.495 e. The van der Waals surface area contributed by atoms with Crippen LogP contribution < -0.4 is 9.47 Å². The maximum Gasteiger partial charge on any atom is 0.145 e. The molecule has 0 N–H and O–H groups in total. The van der Waals surface area contributed by atoms with Crippen molar-refractivity contribution in [2.24, 2.45) is 0 Å². The van der Waals surface area contributed by atoms with Crippen LogP contribution in [-0.4, -0.2) is 40.1 Å². The Bertz CT molecular complexity index is 435. The molecule has 1 aromatic rings. The summed E-state index contributed by atoms with van der Waals surface area (Å²) in [5, 5.41) is 0.462. The first-order valence-corrected chi connectivity index (χ1v) is 7.22. The second kappa shape index (κ2) is 6.79. The number of halogens is 2. The molecule has 6 heteroatoms. The highest BCUT2D eigenvalue weighted by Crippen LogP contribution is 2.43. The Morgan fingerprint density at radius 2 is 2.11 bits per heavy atom. The van der Waals surface area contributed by atoms with Crippen LogP contribution >= 0.6 is 27.5 Å². The van der Waals surface area contributed by atoms with Crippen molar-refractivity contribution in [1.82, 2.24) is 0 Å². The molecule has 1 fully saturated rings. The van der Waals surface area contributed by atoms with Gasteiger partial charge in [-0.3, -0.25) is 0 Å². The fraction of sp³-hybridized carbons (Fsp3) is 0.538. The van der Waals surface area contributed by atoms with Crippen LogP contribution in [-0.2, 0) is 9.47 Å². The predicted octanol–water partition coefficient (Wildman–Crippen LogP) is 3.21. The molecule has 0 aromatic heterocycles. The summed E-state index contributed by atoms with van der Waals surface area (Å²) in [5.74, 6) is 1.18. The van der Waals surface area contributed by atoms with Crippen molar-refractivity contribution in [3.8, 4) is 11.5 Å². The molecule has 2 atom stereocenters. The van der Waals surface area contributed by atoms with E-state index in [2.05, 4.69) is 15.9 Å². The molecule has 0 amide bonds. The van der Waals surface area contributed by atoms with E-state index >= 15 is 0 Å². The number of benzene rings is 1. The minimum Gasteiger partial charge on any atom is -0.495 e. The van der Waals surface area contributed by atoms with Crippen molar-refractivity contribution in [2.75, 3.05) is 34.0 Å². The SMILES string of the molecule is COc1ccc(C(Br)C2COCCO2)c(OC)c1Cl. The number of hydrogen-bond donors (Lipinski definition) is 0. The van der Waals surface area contributed by atoms with Gasteiger partial charge in [-0.1, -0.05) is 33.6 Å². The minimum atomic E-state index is -0.0629. The van der Waals surface area contributed by atoms with Crippen LogP contribution in [0.3, 0.4) is 0 Å². The molecule has 0 bridgehead atoms. The fourth-order valence-corrected chi connectivity index (χ4v) is 3.00. The van der Waals surface area contributed by atoms with Crippen LogP contribution in [0.5, 0.6) is 11.5 Å². The normalized spacial score (nSPS) is 20.9. The monoisotopic (exact) mass is 350 g/mol. The molecule has 0 saturated carbocycles. The van der Waals surface area contributed by atoms with Crippen molar-refractivity contribution in [3.05, 3.63) is 22.7 Å². The predicted molar refractivity (Wildman–Crippen MR) is 76.8 cm³/mol. The molecule has 0 spiro atoms. The van der Waals surface area contributed by atoms with E-state index in [0.717, 1.165) is 5.56 Å². The van der Waals surface area contributed by atoms with Gasteiger partial charge in [-0.2, -0.15) is 0 Å². The zero-order chi connectivity index (χ0) is 13.8. The van der Waals surface area contributed by atoms with E-state index in [0.29, 0.717) is 36.3 Å². The van der Waals surface area contributed by atoms with E-state index in [4.69, 9.17) is 30.5 Å². The highest BCUT2D eigenvalue weighted by atomic mass is 79.9. The van der Waals surface area contributed by atoms with Crippen LogP contribution in [0.25, 0.3) is 0 Å². The number of hydrogen-bond acceptors (Lipinski definition) is 4. The summed E-state index contributed by atoms with van der Waals surface area (Å²) in [7, 11) is 3.16. The van der Waals surface area contributed by atoms with Gasteiger partial charge in [0.25, 0.3) is 0 Å². The maximum atomic E-state index is 6.25. The number of methoxy groups -OCH3 is 2. The lowest BCUT2D eigenvalue weighted by molar-refractivity contribution is -0.0877. The molecule has 1 aliphatic rings. The third-order valence-electron chi connectivity index (χ3n) is 2.98. The van der Waals surface area contributed by atoms with E-state index in [-0.39, 0.29) is 10.9 Å². The lowest BCUT2D eigenvalue weighted by Gasteiger charge is -2.28. The zero-order valence-electron chi connectivity index (χ0n) is 10.8. The van der Waals surface area contributed by atoms with Gasteiger partial charge in [-0.05, 0) is 6.07 Å². The van der Waals surface area contributed by atoms with Gasteiger partial charge in [-0.25, -0.2) is 0 Å². The summed E-state index contributed by atoms with van der Waals surface area (Å²) in [4.78, 5) is -0.0499. The van der Waals surface area contributed by atoms with E-state index in [9.17, 15) is 0 Å². The number of rotatable bonds is 4. The second-order valence-electron chi connectivity index (χ2n) is 4.09. The molecule has 19 heavy (non-hydrogen) atoms. The average molecular weight is 352 g/mol. The van der Waals surface area contributed by atoms with Crippen LogP contribution in [0.15, 0.2) is 12.1 Å². The van der Waals surface area contributed by atoms with Crippen LogP contribution in [0.1, 0.15) is 10.4 Å². The summed E-state index contributed by atoms with van der Waals surface area (Å²) < 4.78 is 21.7. The molecule has 2 unspecified atom stereocenters. The first-order valence-electron chi connectivity index (χ1n) is 5.92. The summed E-state index contributed by atoms with van der Waals surface area (Å²) in [6, 6.07) is 3.74. The smallest absolute Gasteiger partial charge is 0.145 e. The molecular weight excluding hydrogens is 335 g/mol. The van der Waals surface area contributed by atoms with Crippen molar-refractivity contribution < 1.29 is 18.9 Å². The van der Waals surface area contributed by atoms with E-state index in [1.54, 1.807) is 14.2 Å². The van der Waals surface area contributed by atoms with Gasteiger partial charge in [0.15, 0.2) is 0 Å². The summed E-state index contributed by atoms with van der Waals surface area (Å²) >= 11 is 9.89. The standard InChI is InChI=1S/C13H16BrClO4/c1-16-9-4-3-8(13(17-2)12(9)15)11(14)10-7-18-5-6-19-10/h3-4,10-11H,5-7H2,1-2H3. The van der Waals surface area contributed by atoms with Crippen LogP contribution in [0, 0.1) is 0 Å². The number of ether oxygens (including phenoxy) is 4. The Morgan fingerprint density at radius 3 is 2.68 bits per heavy atom. The second-order valence-corrected chi connectivity index (χ2v) is 5.45. The van der Waals surface area contributed by atoms with Gasteiger partial charge in [-0.15, -0.1) is 0 Å². The number of alkyl halides is 1. The van der Waals surface area contributed by atoms with Gasteiger partial charge in [0.1, 0.15) is 16.5 Å². The quantitative estimate of drug-likeness (QED) is 0.781. The molecule has 4 nitrogen and oxygen atoms in total. The third kappa shape index (κ3) is 3.16. The van der Waals surface area contributed by atoms with Gasteiger partial charge in [0.2, 0.25) is 0 Å². The van der Waals surface area contributed by atoms with Gasteiger partial charge < -0.3 is 18.9 Å². The lowest BCUT2D eigenvalue weighted by Crippen LogP contribution is -2.31. The van der Waals surface area contributed by atoms with Gasteiger partial charge in [0.05, 0.1) is 45.0 Å². The van der Waals surface area contributed by atoms with Gasteiger partial charge >= 0.3 is 0 Å². The van der Waals surface area contributed by atoms with Crippen molar-refractivity contribution in [1.29, 1.82) is 0 Å². The zero-order valence-corrected chi connectivity index (χ0v) is 13.2. The van der Waals surface area contributed by atoms with E-state index < -0.39 is 0 Å². The molecule has 1 aliphatic heterocycles. The lowest BCUT2D eigenvalue weighted by atomic mass is 10.1. The first-order chi connectivity index (χ1) is 9.19. The Labute approximate surface area is 126 Å². The Kier molecular flexibility index (Phi) is 5.33. The molecule has 1 heterocycles. The summed E-state index contributed by atoms with van der Waals surface area (Å²) in [5.41, 5.74) is 0.920. The molecular formula is C13H16BrClO4. The van der Waals surface area contributed by atoms with Gasteiger partial charge in [0, 0.05) is 5.56 Å². The highest BCUT2D eigenvalue weighted by molar-refractivity contribution is 9.09. The Hall–Kier alpha value is -0.490. The van der Waals surface area contributed by atoms with E-state index in [1.807, 2.05) is 12.1 Å². The molecule has 0 aliphatic carbocycles. The third-order valence-corrected chi connectivity index (χ3v) is 4.42.